The normalized spacial score (nSPS) is 23.9. The summed E-state index contributed by atoms with van der Waals surface area (Å²) in [5.74, 6) is 3.31. The highest BCUT2D eigenvalue weighted by Crippen LogP contribution is 2.27. The number of likely N-dealkylation sites (N-methyl/N-ethyl adjacent to an activating group) is 1. The van der Waals surface area contributed by atoms with Crippen molar-refractivity contribution in [3.05, 3.63) is 0 Å². The number of hydrogen-bond acceptors (Lipinski definition) is 4. The zero-order valence-corrected chi connectivity index (χ0v) is 18.0. The summed E-state index contributed by atoms with van der Waals surface area (Å²) in [6.07, 6.45) is 3.76. The van der Waals surface area contributed by atoms with E-state index in [4.69, 9.17) is 0 Å². The van der Waals surface area contributed by atoms with Crippen LogP contribution in [0.25, 0.3) is 0 Å². The molecule has 2 fully saturated rings. The van der Waals surface area contributed by atoms with E-state index in [0.29, 0.717) is 17.9 Å². The van der Waals surface area contributed by atoms with Crippen molar-refractivity contribution in [3.63, 3.8) is 0 Å². The summed E-state index contributed by atoms with van der Waals surface area (Å²) < 4.78 is 0. The van der Waals surface area contributed by atoms with E-state index in [-0.39, 0.29) is 24.4 Å². The Labute approximate surface area is 167 Å². The third-order valence-electron chi connectivity index (χ3n) is 5.04. The highest BCUT2D eigenvalue weighted by molar-refractivity contribution is 7.99. The second kappa shape index (κ2) is 10.8. The molecule has 27 heavy (non-hydrogen) atoms. The van der Waals surface area contributed by atoms with E-state index >= 15 is 0 Å². The van der Waals surface area contributed by atoms with Crippen molar-refractivity contribution < 1.29 is 9.59 Å². The molecule has 0 aromatic rings. The van der Waals surface area contributed by atoms with E-state index in [2.05, 4.69) is 34.4 Å². The van der Waals surface area contributed by atoms with Gasteiger partial charge in [0.2, 0.25) is 11.8 Å². The van der Waals surface area contributed by atoms with Gasteiger partial charge < -0.3 is 20.4 Å². The van der Waals surface area contributed by atoms with Crippen molar-refractivity contribution in [2.45, 2.75) is 51.6 Å². The number of carbonyl (C=O) groups is 2. The van der Waals surface area contributed by atoms with Gasteiger partial charge in [0.15, 0.2) is 5.96 Å². The van der Waals surface area contributed by atoms with E-state index in [1.165, 1.54) is 0 Å². The molecular formula is C19H35N5O2S. The van der Waals surface area contributed by atoms with Crippen LogP contribution in [-0.2, 0) is 9.59 Å². The first-order chi connectivity index (χ1) is 12.9. The molecule has 2 amide bonds. The Balaban J connectivity index is 1.84. The van der Waals surface area contributed by atoms with Gasteiger partial charge in [0.05, 0.1) is 0 Å². The molecule has 0 aromatic heterocycles. The van der Waals surface area contributed by atoms with Crippen LogP contribution >= 0.6 is 11.8 Å². The van der Waals surface area contributed by atoms with Crippen molar-refractivity contribution in [1.82, 2.24) is 20.4 Å². The fourth-order valence-electron chi connectivity index (χ4n) is 3.41. The summed E-state index contributed by atoms with van der Waals surface area (Å²) in [4.78, 5) is 32.5. The largest absolute Gasteiger partial charge is 0.354 e. The molecule has 7 nitrogen and oxygen atoms in total. The Morgan fingerprint density at radius 3 is 2.33 bits per heavy atom. The molecule has 2 N–H and O–H groups in total. The molecule has 154 valence electrons. The monoisotopic (exact) mass is 397 g/mol. The molecule has 0 atom stereocenters. The Kier molecular flexibility index (Phi) is 8.73. The lowest BCUT2D eigenvalue weighted by atomic mass is 9.85. The number of rotatable bonds is 5. The van der Waals surface area contributed by atoms with Crippen LogP contribution in [0.2, 0.25) is 0 Å². The second-order valence-electron chi connectivity index (χ2n) is 7.88. The van der Waals surface area contributed by atoms with Gasteiger partial charge in [-0.3, -0.25) is 9.59 Å². The Hall–Kier alpha value is -1.44. The predicted octanol–water partition coefficient (Wildman–Crippen LogP) is 1.15. The molecule has 1 aliphatic heterocycles. The van der Waals surface area contributed by atoms with Crippen LogP contribution in [0.3, 0.4) is 0 Å². The molecule has 1 aliphatic carbocycles. The molecule has 1 heterocycles. The van der Waals surface area contributed by atoms with Crippen molar-refractivity contribution in [3.8, 4) is 0 Å². The Morgan fingerprint density at radius 2 is 1.78 bits per heavy atom. The van der Waals surface area contributed by atoms with E-state index in [9.17, 15) is 9.59 Å². The second-order valence-corrected chi connectivity index (χ2v) is 9.11. The number of amides is 2. The number of nitrogens with zero attached hydrogens (tertiary/aromatic N) is 3. The Bertz CT molecular complexity index is 524. The predicted molar refractivity (Wildman–Crippen MR) is 112 cm³/mol. The Morgan fingerprint density at radius 1 is 1.15 bits per heavy atom. The maximum absolute atomic E-state index is 12.7. The highest BCUT2D eigenvalue weighted by Gasteiger charge is 2.30. The molecule has 0 radical (unpaired) electrons. The summed E-state index contributed by atoms with van der Waals surface area (Å²) in [5.41, 5.74) is 0. The topological polar surface area (TPSA) is 77.0 Å². The minimum Gasteiger partial charge on any atom is -0.354 e. The lowest BCUT2D eigenvalue weighted by Crippen LogP contribution is -2.49. The van der Waals surface area contributed by atoms with E-state index in [1.54, 1.807) is 19.0 Å². The lowest BCUT2D eigenvalue weighted by molar-refractivity contribution is -0.136. The maximum atomic E-state index is 12.7. The maximum Gasteiger partial charge on any atom is 0.243 e. The number of carbonyl (C=O) groups excluding carboxylic acids is 2. The highest BCUT2D eigenvalue weighted by atomic mass is 32.2. The standard InChI is InChI=1S/C19H35N5O2S/c1-14(2)21-19(20-13-17(25)23(3)4)22-16-7-5-15(6-8-16)18(26)24-9-11-27-12-10-24/h14-16H,5-13H2,1-4H3,(H2,20,21,22). The van der Waals surface area contributed by atoms with Gasteiger partial charge in [-0.15, -0.1) is 0 Å². The molecule has 2 rings (SSSR count). The summed E-state index contributed by atoms with van der Waals surface area (Å²) in [5, 5.41) is 6.76. The van der Waals surface area contributed by atoms with Crippen LogP contribution in [0, 0.1) is 5.92 Å². The van der Waals surface area contributed by atoms with Gasteiger partial charge in [0, 0.05) is 56.7 Å². The van der Waals surface area contributed by atoms with Crippen LogP contribution in [0.15, 0.2) is 4.99 Å². The molecular weight excluding hydrogens is 362 g/mol. The first kappa shape index (κ1) is 21.9. The lowest BCUT2D eigenvalue weighted by Gasteiger charge is -2.34. The summed E-state index contributed by atoms with van der Waals surface area (Å²) in [7, 11) is 3.47. The van der Waals surface area contributed by atoms with Gasteiger partial charge in [-0.1, -0.05) is 0 Å². The summed E-state index contributed by atoms with van der Waals surface area (Å²) in [6.45, 7) is 6.04. The SMILES string of the molecule is CC(C)NC(=NCC(=O)N(C)C)NC1CCC(C(=O)N2CCSCC2)CC1. The number of aliphatic imine (C=N–C) groups is 1. The molecule has 0 aromatic carbocycles. The molecule has 8 heteroatoms. The van der Waals surface area contributed by atoms with Crippen molar-refractivity contribution in [2.75, 3.05) is 45.2 Å². The first-order valence-corrected chi connectivity index (χ1v) is 11.2. The molecule has 1 saturated heterocycles. The summed E-state index contributed by atoms with van der Waals surface area (Å²) in [6, 6.07) is 0.533. The molecule has 0 bridgehead atoms. The fourth-order valence-corrected chi connectivity index (χ4v) is 4.32. The molecule has 0 unspecified atom stereocenters. The minimum atomic E-state index is -0.0196. The van der Waals surface area contributed by atoms with Gasteiger partial charge in [-0.2, -0.15) is 11.8 Å². The van der Waals surface area contributed by atoms with Crippen LogP contribution in [0.5, 0.6) is 0 Å². The third kappa shape index (κ3) is 7.24. The van der Waals surface area contributed by atoms with Gasteiger partial charge in [-0.25, -0.2) is 4.99 Å². The molecule has 0 spiro atoms. The van der Waals surface area contributed by atoms with Crippen LogP contribution in [-0.4, -0.2) is 84.9 Å². The number of hydrogen-bond donors (Lipinski definition) is 2. The summed E-state index contributed by atoms with van der Waals surface area (Å²) >= 11 is 1.93. The number of thioether (sulfide) groups is 1. The first-order valence-electron chi connectivity index (χ1n) is 10.0. The van der Waals surface area contributed by atoms with Gasteiger partial charge in [0.1, 0.15) is 6.54 Å². The van der Waals surface area contributed by atoms with Crippen LogP contribution < -0.4 is 10.6 Å². The quantitative estimate of drug-likeness (QED) is 0.538. The van der Waals surface area contributed by atoms with Crippen LogP contribution in [0.1, 0.15) is 39.5 Å². The third-order valence-corrected chi connectivity index (χ3v) is 5.98. The average Bonchev–Trinajstić information content (AvgIpc) is 2.66. The van der Waals surface area contributed by atoms with Gasteiger partial charge >= 0.3 is 0 Å². The van der Waals surface area contributed by atoms with E-state index < -0.39 is 0 Å². The fraction of sp³-hybridized carbons (Fsp3) is 0.842. The zero-order valence-electron chi connectivity index (χ0n) is 17.2. The van der Waals surface area contributed by atoms with Gasteiger partial charge in [0.25, 0.3) is 0 Å². The van der Waals surface area contributed by atoms with E-state index in [0.717, 1.165) is 50.3 Å². The minimum absolute atomic E-state index is 0.0196. The number of nitrogens with one attached hydrogen (secondary N) is 2. The van der Waals surface area contributed by atoms with Crippen molar-refractivity contribution >= 4 is 29.5 Å². The molecule has 2 aliphatic rings. The molecule has 1 saturated carbocycles. The zero-order chi connectivity index (χ0) is 19.8. The van der Waals surface area contributed by atoms with Crippen molar-refractivity contribution in [1.29, 1.82) is 0 Å². The van der Waals surface area contributed by atoms with Crippen molar-refractivity contribution in [2.24, 2.45) is 10.9 Å². The smallest absolute Gasteiger partial charge is 0.243 e. The van der Waals surface area contributed by atoms with Gasteiger partial charge in [-0.05, 0) is 39.5 Å². The number of guanidine groups is 1. The van der Waals surface area contributed by atoms with E-state index in [1.807, 2.05) is 11.8 Å². The average molecular weight is 398 g/mol. The van der Waals surface area contributed by atoms with Crippen LogP contribution in [0.4, 0.5) is 0 Å².